The van der Waals surface area contributed by atoms with E-state index in [4.69, 9.17) is 0 Å². The summed E-state index contributed by atoms with van der Waals surface area (Å²) in [5.74, 6) is 0. The van der Waals surface area contributed by atoms with E-state index in [0.717, 1.165) is 0 Å². The Morgan fingerprint density at radius 1 is 1.42 bits per heavy atom. The molecule has 0 radical (unpaired) electrons. The largest absolute Gasteiger partial charge is 0.373 e. The van der Waals surface area contributed by atoms with E-state index in [1.165, 1.54) is 0 Å². The molecule has 0 aromatic rings. The van der Waals surface area contributed by atoms with E-state index in [1.807, 2.05) is 0 Å². The topological polar surface area (TPSA) is 24.4 Å². The van der Waals surface area contributed by atoms with Gasteiger partial charge >= 0.3 is 0 Å². The van der Waals surface area contributed by atoms with Crippen LogP contribution in [0.25, 0.3) is 0 Å². The van der Waals surface area contributed by atoms with Gasteiger partial charge in [-0.3, -0.25) is 0 Å². The van der Waals surface area contributed by atoms with Crippen LogP contribution in [0.15, 0.2) is 54.7 Å². The molecule has 0 fully saturated rings. The average Bonchev–Trinajstić information content (AvgIpc) is 2.09. The van der Waals surface area contributed by atoms with Crippen molar-refractivity contribution < 1.29 is 0 Å². The highest BCUT2D eigenvalue weighted by molar-refractivity contribution is 5.56. The zero-order chi connectivity index (χ0) is 9.23. The normalized spacial score (nSPS) is 10.3. The van der Waals surface area contributed by atoms with Gasteiger partial charge in [-0.15, -0.1) is 6.58 Å². The Morgan fingerprint density at radius 2 is 2.17 bits per heavy atom. The molecule has 0 aliphatic rings. The molecule has 0 heterocycles. The van der Waals surface area contributed by atoms with E-state index in [9.17, 15) is 0 Å². The highest BCUT2D eigenvalue weighted by Gasteiger charge is 1.77. The minimum atomic E-state index is 0.687. The summed E-state index contributed by atoms with van der Waals surface area (Å²) in [5, 5.41) is 2.91. The third-order valence-corrected chi connectivity index (χ3v) is 1.01. The highest BCUT2D eigenvalue weighted by atomic mass is 14.9. The minimum absolute atomic E-state index is 0.687. The molecule has 1 N–H and O–H groups in total. The van der Waals surface area contributed by atoms with Gasteiger partial charge in [-0.1, -0.05) is 31.4 Å². The Bertz CT molecular complexity index is 212. The van der Waals surface area contributed by atoms with E-state index in [0.29, 0.717) is 12.2 Å². The first kappa shape index (κ1) is 10.4. The minimum Gasteiger partial charge on any atom is -0.373 e. The predicted octanol–water partition coefficient (Wildman–Crippen LogP) is 2.05. The number of hydrogen-bond acceptors (Lipinski definition) is 1. The smallest absolute Gasteiger partial charge is 0.0888 e. The fourth-order valence-electron chi connectivity index (χ4n) is 0.487. The van der Waals surface area contributed by atoms with Gasteiger partial charge in [0.2, 0.25) is 0 Å². The Kier molecular flexibility index (Phi) is 6.55. The first-order valence-electron chi connectivity index (χ1n) is 3.66. The molecule has 64 valence electrons. The molecule has 2 heteroatoms. The van der Waals surface area contributed by atoms with Crippen LogP contribution in [0.3, 0.4) is 0 Å². The second-order valence-corrected chi connectivity index (χ2v) is 2.04. The molecule has 2 nitrogen and oxygen atoms in total. The lowest BCUT2D eigenvalue weighted by atomic mass is 10.4. The van der Waals surface area contributed by atoms with Crippen LogP contribution in [-0.2, 0) is 0 Å². The van der Waals surface area contributed by atoms with Gasteiger partial charge in [-0.25, -0.2) is 4.99 Å². The SMILES string of the molecule is C=C/C=C\C(=C)/N=C\NCC=C. The van der Waals surface area contributed by atoms with Gasteiger partial charge in [0.05, 0.1) is 12.0 Å². The molecule has 0 aromatic carbocycles. The molecule has 0 aliphatic heterocycles. The van der Waals surface area contributed by atoms with E-state index >= 15 is 0 Å². The summed E-state index contributed by atoms with van der Waals surface area (Å²) in [4.78, 5) is 3.99. The lowest BCUT2D eigenvalue weighted by Gasteiger charge is -1.91. The standard InChI is InChI=1S/C10H14N2/c1-4-6-7-10(3)12-9-11-8-5-2/h4-7,9H,1-3,8H2,(H,11,12)/b7-6-. The van der Waals surface area contributed by atoms with E-state index in [2.05, 4.69) is 30.0 Å². The van der Waals surface area contributed by atoms with Crippen molar-refractivity contribution in [3.05, 3.63) is 49.7 Å². The van der Waals surface area contributed by atoms with E-state index in [-0.39, 0.29) is 0 Å². The molecule has 0 aliphatic carbocycles. The van der Waals surface area contributed by atoms with Gasteiger partial charge in [0.1, 0.15) is 0 Å². The first-order chi connectivity index (χ1) is 5.81. The van der Waals surface area contributed by atoms with Gasteiger partial charge in [-0.05, 0) is 6.08 Å². The second-order valence-electron chi connectivity index (χ2n) is 2.04. The van der Waals surface area contributed by atoms with Crippen molar-refractivity contribution in [3.63, 3.8) is 0 Å². The summed E-state index contributed by atoms with van der Waals surface area (Å²) in [6.07, 6.45) is 8.59. The Balaban J connectivity index is 3.67. The maximum absolute atomic E-state index is 3.99. The maximum atomic E-state index is 3.99. The zero-order valence-electron chi connectivity index (χ0n) is 7.16. The summed E-state index contributed by atoms with van der Waals surface area (Å²) in [6.45, 7) is 11.5. The lowest BCUT2D eigenvalue weighted by molar-refractivity contribution is 1.07. The summed E-state index contributed by atoms with van der Waals surface area (Å²) in [6, 6.07) is 0. The highest BCUT2D eigenvalue weighted by Crippen LogP contribution is 1.92. The van der Waals surface area contributed by atoms with Gasteiger partial charge in [-0.2, -0.15) is 0 Å². The van der Waals surface area contributed by atoms with Crippen LogP contribution in [0.1, 0.15) is 0 Å². The van der Waals surface area contributed by atoms with Gasteiger partial charge in [0.25, 0.3) is 0 Å². The fraction of sp³-hybridized carbons (Fsp3) is 0.100. The second kappa shape index (κ2) is 7.54. The van der Waals surface area contributed by atoms with Crippen molar-refractivity contribution in [2.24, 2.45) is 4.99 Å². The summed E-state index contributed by atoms with van der Waals surface area (Å²) >= 11 is 0. The van der Waals surface area contributed by atoms with Gasteiger partial charge in [0.15, 0.2) is 0 Å². The van der Waals surface area contributed by atoms with Crippen molar-refractivity contribution in [1.29, 1.82) is 0 Å². The molecule has 0 unspecified atom stereocenters. The third-order valence-electron chi connectivity index (χ3n) is 1.01. The van der Waals surface area contributed by atoms with Crippen molar-refractivity contribution >= 4 is 6.34 Å². The van der Waals surface area contributed by atoms with Crippen LogP contribution in [0.5, 0.6) is 0 Å². The van der Waals surface area contributed by atoms with Crippen molar-refractivity contribution in [3.8, 4) is 0 Å². The summed E-state index contributed by atoms with van der Waals surface area (Å²) in [5.41, 5.74) is 0.687. The predicted molar refractivity (Wildman–Crippen MR) is 55.2 cm³/mol. The van der Waals surface area contributed by atoms with Crippen molar-refractivity contribution in [2.45, 2.75) is 0 Å². The Labute approximate surface area is 73.7 Å². The van der Waals surface area contributed by atoms with Crippen LogP contribution < -0.4 is 5.32 Å². The number of nitrogens with zero attached hydrogens (tertiary/aromatic N) is 1. The molecule has 0 spiro atoms. The van der Waals surface area contributed by atoms with Crippen LogP contribution >= 0.6 is 0 Å². The molecule has 12 heavy (non-hydrogen) atoms. The maximum Gasteiger partial charge on any atom is 0.0888 e. The molecule has 0 saturated carbocycles. The number of hydrogen-bond donors (Lipinski definition) is 1. The van der Waals surface area contributed by atoms with Crippen LogP contribution in [0, 0.1) is 0 Å². The number of allylic oxidation sites excluding steroid dienone is 3. The molecular weight excluding hydrogens is 148 g/mol. The Morgan fingerprint density at radius 3 is 2.75 bits per heavy atom. The quantitative estimate of drug-likeness (QED) is 0.209. The van der Waals surface area contributed by atoms with Gasteiger partial charge in [0, 0.05) is 6.54 Å². The van der Waals surface area contributed by atoms with Crippen LogP contribution in [-0.4, -0.2) is 12.9 Å². The molecule has 0 rings (SSSR count). The molecule has 0 amide bonds. The van der Waals surface area contributed by atoms with Crippen LogP contribution in [0.4, 0.5) is 0 Å². The zero-order valence-corrected chi connectivity index (χ0v) is 7.16. The first-order valence-corrected chi connectivity index (χ1v) is 3.66. The molecular formula is C10H14N2. The van der Waals surface area contributed by atoms with Crippen molar-refractivity contribution in [2.75, 3.05) is 6.54 Å². The molecule has 0 aromatic heterocycles. The monoisotopic (exact) mass is 162 g/mol. The molecule has 0 saturated heterocycles. The van der Waals surface area contributed by atoms with E-state index < -0.39 is 0 Å². The van der Waals surface area contributed by atoms with Gasteiger partial charge < -0.3 is 5.32 Å². The molecule has 0 bridgehead atoms. The summed E-state index contributed by atoms with van der Waals surface area (Å²) in [7, 11) is 0. The number of nitrogens with one attached hydrogen (secondary N) is 1. The number of rotatable bonds is 6. The molecule has 0 atom stereocenters. The van der Waals surface area contributed by atoms with Crippen LogP contribution in [0.2, 0.25) is 0 Å². The third kappa shape index (κ3) is 6.55. The van der Waals surface area contributed by atoms with E-state index in [1.54, 1.807) is 30.6 Å². The lowest BCUT2D eigenvalue weighted by Crippen LogP contribution is -2.09. The Hall–Kier alpha value is -1.57. The number of aliphatic imine (C=N–C) groups is 1. The summed E-state index contributed by atoms with van der Waals surface area (Å²) < 4.78 is 0. The average molecular weight is 162 g/mol. The van der Waals surface area contributed by atoms with Crippen molar-refractivity contribution in [1.82, 2.24) is 5.32 Å². The fourth-order valence-corrected chi connectivity index (χ4v) is 0.487.